The van der Waals surface area contributed by atoms with Gasteiger partial charge in [0.05, 0.1) is 28.6 Å². The van der Waals surface area contributed by atoms with Crippen LogP contribution in [0.1, 0.15) is 36.7 Å². The zero-order valence-electron chi connectivity index (χ0n) is 14.6. The van der Waals surface area contributed by atoms with Crippen LogP contribution in [0, 0.1) is 11.8 Å². The van der Waals surface area contributed by atoms with E-state index < -0.39 is 0 Å². The molecule has 2 fully saturated rings. The molecule has 2 saturated heterocycles. The second kappa shape index (κ2) is 6.28. The summed E-state index contributed by atoms with van der Waals surface area (Å²) in [6.45, 7) is 1.48. The zero-order valence-corrected chi connectivity index (χ0v) is 15.4. The largest absolute Gasteiger partial charge is 0.309 e. The molecule has 0 spiro atoms. The number of carbonyl (C=O) groups excluding carboxylic acids is 2. The molecule has 3 aliphatic rings. The lowest BCUT2D eigenvalue weighted by atomic mass is 9.85. The van der Waals surface area contributed by atoms with Gasteiger partial charge in [0, 0.05) is 12.8 Å². The Morgan fingerprint density at radius 3 is 2.58 bits per heavy atom. The van der Waals surface area contributed by atoms with Gasteiger partial charge in [0.15, 0.2) is 11.7 Å². The van der Waals surface area contributed by atoms with Gasteiger partial charge >= 0.3 is 0 Å². The molecule has 5 nitrogen and oxygen atoms in total. The van der Waals surface area contributed by atoms with E-state index in [2.05, 4.69) is 12.1 Å². The molecule has 2 aliphatic heterocycles. The van der Waals surface area contributed by atoms with Crippen LogP contribution >= 0.6 is 11.3 Å². The molecule has 1 aromatic carbocycles. The number of fused-ring (bicyclic) bond motifs is 2. The maximum atomic E-state index is 12.8. The fourth-order valence-corrected chi connectivity index (χ4v) is 5.83. The molecule has 1 aromatic heterocycles. The highest BCUT2D eigenvalue weighted by molar-refractivity contribution is 7.18. The number of quaternary nitrogens is 1. The van der Waals surface area contributed by atoms with Crippen LogP contribution in [0.25, 0.3) is 10.2 Å². The predicted octanol–water partition coefficient (Wildman–Crippen LogP) is 1.92. The van der Waals surface area contributed by atoms with E-state index in [-0.39, 0.29) is 29.7 Å². The van der Waals surface area contributed by atoms with E-state index in [1.807, 2.05) is 24.3 Å². The van der Waals surface area contributed by atoms with Crippen LogP contribution in [-0.2, 0) is 9.59 Å². The zero-order chi connectivity index (χ0) is 17.7. The first-order valence-corrected chi connectivity index (χ1v) is 10.2. The van der Waals surface area contributed by atoms with Crippen molar-refractivity contribution in [1.29, 1.82) is 0 Å². The molecule has 5 rings (SSSR count). The standard InChI is InChI=1S/C20H21N3O2S/c24-19-13-6-1-2-7-14(13)20(25)23(19)12-22-11-5-9-16(22)18-21-15-8-3-4-10-17(15)26-18/h1-4,8,10,13-14,16H,5-7,9,11-12H2/p+1/t13-,14+,16-/m0/s1. The fraction of sp³-hybridized carbons (Fsp3) is 0.450. The lowest BCUT2D eigenvalue weighted by molar-refractivity contribution is -0.925. The molecule has 26 heavy (non-hydrogen) atoms. The molecule has 1 unspecified atom stereocenters. The van der Waals surface area contributed by atoms with E-state index in [4.69, 9.17) is 4.98 Å². The number of likely N-dealkylation sites (tertiary alicyclic amines) is 2. The molecule has 0 radical (unpaired) electrons. The Kier molecular flexibility index (Phi) is 3.90. The third-order valence-electron chi connectivity index (χ3n) is 6.05. The summed E-state index contributed by atoms with van der Waals surface area (Å²) in [7, 11) is 0. The van der Waals surface area contributed by atoms with Crippen LogP contribution in [0.15, 0.2) is 36.4 Å². The number of imide groups is 1. The van der Waals surface area contributed by atoms with E-state index in [9.17, 15) is 9.59 Å². The van der Waals surface area contributed by atoms with Crippen molar-refractivity contribution < 1.29 is 14.5 Å². The molecule has 1 aliphatic carbocycles. The summed E-state index contributed by atoms with van der Waals surface area (Å²) >= 11 is 1.75. The number of rotatable bonds is 3. The van der Waals surface area contributed by atoms with Gasteiger partial charge in [-0.15, -0.1) is 11.3 Å². The van der Waals surface area contributed by atoms with Gasteiger partial charge in [-0.25, -0.2) is 9.88 Å². The highest BCUT2D eigenvalue weighted by Gasteiger charge is 2.49. The quantitative estimate of drug-likeness (QED) is 0.665. The second-order valence-electron chi connectivity index (χ2n) is 7.54. The number of aromatic nitrogens is 1. The monoisotopic (exact) mass is 368 g/mol. The normalized spacial score (nSPS) is 31.2. The average molecular weight is 368 g/mol. The Balaban J connectivity index is 1.38. The smallest absolute Gasteiger partial charge is 0.237 e. The Labute approximate surface area is 156 Å². The van der Waals surface area contributed by atoms with Gasteiger partial charge in [0.25, 0.3) is 0 Å². The maximum absolute atomic E-state index is 12.8. The minimum absolute atomic E-state index is 0.0341. The highest BCUT2D eigenvalue weighted by Crippen LogP contribution is 2.35. The number of benzene rings is 1. The molecule has 6 heteroatoms. The first-order valence-electron chi connectivity index (χ1n) is 9.42. The van der Waals surface area contributed by atoms with Crippen LogP contribution in [-0.4, -0.2) is 34.9 Å². The second-order valence-corrected chi connectivity index (χ2v) is 8.60. The van der Waals surface area contributed by atoms with Gasteiger partial charge in [-0.05, 0) is 25.0 Å². The third-order valence-corrected chi connectivity index (χ3v) is 7.20. The molecule has 4 atom stereocenters. The lowest BCUT2D eigenvalue weighted by Gasteiger charge is -2.24. The van der Waals surface area contributed by atoms with E-state index in [1.165, 1.54) is 9.60 Å². The minimum atomic E-state index is -0.129. The van der Waals surface area contributed by atoms with Crippen molar-refractivity contribution in [3.05, 3.63) is 41.4 Å². The van der Waals surface area contributed by atoms with Gasteiger partial charge in [0.1, 0.15) is 6.04 Å². The first-order chi connectivity index (χ1) is 12.7. The van der Waals surface area contributed by atoms with Crippen molar-refractivity contribution in [3.8, 4) is 0 Å². The SMILES string of the molecule is O=C1[C@H]2CC=CC[C@H]2C(=O)N1C[NH+]1CCC[C@H]1c1nc2ccccc2s1. The van der Waals surface area contributed by atoms with Crippen LogP contribution in [0.5, 0.6) is 0 Å². The number of allylic oxidation sites excluding steroid dienone is 2. The summed E-state index contributed by atoms with van der Waals surface area (Å²) in [5, 5.41) is 1.14. The molecule has 3 heterocycles. The van der Waals surface area contributed by atoms with Gasteiger partial charge in [0.2, 0.25) is 11.8 Å². The van der Waals surface area contributed by atoms with Crippen molar-refractivity contribution in [2.24, 2.45) is 11.8 Å². The van der Waals surface area contributed by atoms with Gasteiger partial charge in [-0.2, -0.15) is 0 Å². The van der Waals surface area contributed by atoms with Crippen LogP contribution in [0.3, 0.4) is 0 Å². The Bertz CT molecular complexity index is 846. The van der Waals surface area contributed by atoms with Gasteiger partial charge < -0.3 is 4.90 Å². The molecule has 134 valence electrons. The topological polar surface area (TPSA) is 54.7 Å². The Hall–Kier alpha value is -2.05. The maximum Gasteiger partial charge on any atom is 0.237 e. The fourth-order valence-electron chi connectivity index (χ4n) is 4.67. The van der Waals surface area contributed by atoms with Crippen molar-refractivity contribution in [1.82, 2.24) is 9.88 Å². The minimum Gasteiger partial charge on any atom is -0.309 e. The van der Waals surface area contributed by atoms with Crippen molar-refractivity contribution in [2.75, 3.05) is 13.2 Å². The number of nitrogens with one attached hydrogen (secondary N) is 1. The van der Waals surface area contributed by atoms with Crippen molar-refractivity contribution in [2.45, 2.75) is 31.7 Å². The number of amides is 2. The first kappa shape index (κ1) is 16.1. The molecule has 2 aromatic rings. The number of para-hydroxylation sites is 1. The van der Waals surface area contributed by atoms with Crippen molar-refractivity contribution in [3.63, 3.8) is 0 Å². The molecular weight excluding hydrogens is 346 g/mol. The molecule has 2 amide bonds. The number of carbonyl (C=O) groups is 2. The molecule has 1 N–H and O–H groups in total. The Morgan fingerprint density at radius 2 is 1.85 bits per heavy atom. The average Bonchev–Trinajstić information content (AvgIpc) is 3.35. The summed E-state index contributed by atoms with van der Waals surface area (Å²) in [6, 6.07) is 8.50. The third kappa shape index (κ3) is 2.51. The number of hydrogen-bond acceptors (Lipinski definition) is 4. The lowest BCUT2D eigenvalue weighted by Crippen LogP contribution is -3.12. The van der Waals surface area contributed by atoms with E-state index >= 15 is 0 Å². The van der Waals surface area contributed by atoms with Crippen LogP contribution in [0.2, 0.25) is 0 Å². The Morgan fingerprint density at radius 1 is 1.12 bits per heavy atom. The molecule has 0 bridgehead atoms. The summed E-state index contributed by atoms with van der Waals surface area (Å²) in [5.41, 5.74) is 1.05. The summed E-state index contributed by atoms with van der Waals surface area (Å²) in [6.07, 6.45) is 7.69. The number of nitrogens with zero attached hydrogens (tertiary/aromatic N) is 2. The summed E-state index contributed by atoms with van der Waals surface area (Å²) in [5.74, 6) is -0.190. The van der Waals surface area contributed by atoms with Crippen molar-refractivity contribution >= 4 is 33.4 Å². The van der Waals surface area contributed by atoms with E-state index in [0.29, 0.717) is 19.5 Å². The predicted molar refractivity (Wildman–Crippen MR) is 99.5 cm³/mol. The molecular formula is C20H22N3O2S+. The van der Waals surface area contributed by atoms with Gasteiger partial charge in [-0.1, -0.05) is 24.3 Å². The highest BCUT2D eigenvalue weighted by atomic mass is 32.1. The molecule has 0 saturated carbocycles. The van der Waals surface area contributed by atoms with Crippen LogP contribution in [0.4, 0.5) is 0 Å². The number of thiazole rings is 1. The number of hydrogen-bond donors (Lipinski definition) is 1. The summed E-state index contributed by atoms with van der Waals surface area (Å²) in [4.78, 5) is 33.2. The van der Waals surface area contributed by atoms with E-state index in [1.54, 1.807) is 16.2 Å². The van der Waals surface area contributed by atoms with Crippen LogP contribution < -0.4 is 4.90 Å². The van der Waals surface area contributed by atoms with E-state index in [0.717, 1.165) is 29.9 Å². The van der Waals surface area contributed by atoms with Gasteiger partial charge in [-0.3, -0.25) is 9.59 Å². The summed E-state index contributed by atoms with van der Waals surface area (Å²) < 4.78 is 1.21.